The first-order valence-electron chi connectivity index (χ1n) is 9.52. The van der Waals surface area contributed by atoms with Gasteiger partial charge in [0.05, 0.1) is 19.3 Å². The van der Waals surface area contributed by atoms with Gasteiger partial charge in [0.2, 0.25) is 5.91 Å². The van der Waals surface area contributed by atoms with Crippen molar-refractivity contribution in [1.82, 2.24) is 10.2 Å². The van der Waals surface area contributed by atoms with Gasteiger partial charge in [-0.15, -0.1) is 0 Å². The zero-order valence-corrected chi connectivity index (χ0v) is 16.5. The largest absolute Gasteiger partial charge is 0.379 e. The van der Waals surface area contributed by atoms with Crippen LogP contribution in [0.1, 0.15) is 29.2 Å². The summed E-state index contributed by atoms with van der Waals surface area (Å²) in [5, 5.41) is 3.85. The van der Waals surface area contributed by atoms with Crippen LogP contribution in [-0.4, -0.2) is 43.7 Å². The van der Waals surface area contributed by atoms with Crippen LogP contribution >= 0.6 is 11.6 Å². The second-order valence-corrected chi connectivity index (χ2v) is 7.38. The minimum Gasteiger partial charge on any atom is -0.379 e. The molecule has 0 aromatic heterocycles. The second kappa shape index (κ2) is 9.88. The summed E-state index contributed by atoms with van der Waals surface area (Å²) >= 11 is 6.44. The molecule has 1 fully saturated rings. The van der Waals surface area contributed by atoms with Gasteiger partial charge in [-0.25, -0.2) is 0 Å². The van der Waals surface area contributed by atoms with E-state index in [1.807, 2.05) is 24.3 Å². The van der Waals surface area contributed by atoms with Crippen LogP contribution in [0.4, 0.5) is 0 Å². The van der Waals surface area contributed by atoms with Crippen LogP contribution in [-0.2, 0) is 16.0 Å². The maximum absolute atomic E-state index is 12.4. The predicted octanol–water partition coefficient (Wildman–Crippen LogP) is 3.77. The number of morpholine rings is 1. The molecule has 4 nitrogen and oxygen atoms in total. The Kier molecular flexibility index (Phi) is 7.27. The van der Waals surface area contributed by atoms with Crippen molar-refractivity contribution in [3.8, 4) is 0 Å². The Balaban J connectivity index is 1.59. The topological polar surface area (TPSA) is 41.6 Å². The zero-order valence-electron chi connectivity index (χ0n) is 15.8. The van der Waals surface area contributed by atoms with Crippen molar-refractivity contribution in [3.63, 3.8) is 0 Å². The van der Waals surface area contributed by atoms with Crippen molar-refractivity contribution in [2.24, 2.45) is 0 Å². The van der Waals surface area contributed by atoms with E-state index in [0.717, 1.165) is 30.1 Å². The summed E-state index contributed by atoms with van der Waals surface area (Å²) in [6.07, 6.45) is 1.24. The van der Waals surface area contributed by atoms with Crippen LogP contribution < -0.4 is 5.32 Å². The molecule has 1 heterocycles. The number of amides is 1. The number of carbonyl (C=O) groups excluding carboxylic acids is 1. The van der Waals surface area contributed by atoms with Gasteiger partial charge in [-0.05, 0) is 30.5 Å². The first-order valence-corrected chi connectivity index (χ1v) is 9.90. The van der Waals surface area contributed by atoms with Crippen LogP contribution in [0, 0.1) is 6.92 Å². The summed E-state index contributed by atoms with van der Waals surface area (Å²) in [6, 6.07) is 16.3. The van der Waals surface area contributed by atoms with E-state index in [1.54, 1.807) is 0 Å². The molecule has 0 bridgehead atoms. The van der Waals surface area contributed by atoms with Crippen molar-refractivity contribution in [2.45, 2.75) is 25.8 Å². The number of hydrogen-bond donors (Lipinski definition) is 1. The van der Waals surface area contributed by atoms with Gasteiger partial charge in [-0.3, -0.25) is 9.69 Å². The number of halogens is 1. The molecule has 1 aliphatic rings. The monoisotopic (exact) mass is 386 g/mol. The predicted molar refractivity (Wildman–Crippen MR) is 109 cm³/mol. The highest BCUT2D eigenvalue weighted by molar-refractivity contribution is 6.31. The van der Waals surface area contributed by atoms with E-state index in [4.69, 9.17) is 16.3 Å². The normalized spacial score (nSPS) is 16.1. The van der Waals surface area contributed by atoms with Crippen molar-refractivity contribution in [3.05, 3.63) is 70.2 Å². The number of nitrogens with zero attached hydrogens (tertiary/aromatic N) is 1. The van der Waals surface area contributed by atoms with Crippen LogP contribution in [0.25, 0.3) is 0 Å². The molecule has 1 saturated heterocycles. The molecule has 2 aromatic carbocycles. The van der Waals surface area contributed by atoms with Gasteiger partial charge in [0, 0.05) is 31.1 Å². The van der Waals surface area contributed by atoms with Gasteiger partial charge in [0.15, 0.2) is 0 Å². The average molecular weight is 387 g/mol. The molecule has 1 aliphatic heterocycles. The average Bonchev–Trinajstić information content (AvgIpc) is 2.70. The van der Waals surface area contributed by atoms with Crippen molar-refractivity contribution in [1.29, 1.82) is 0 Å². The third kappa shape index (κ3) is 5.80. The van der Waals surface area contributed by atoms with E-state index in [0.29, 0.717) is 26.2 Å². The highest BCUT2D eigenvalue weighted by Gasteiger charge is 2.24. The number of benzene rings is 2. The van der Waals surface area contributed by atoms with Gasteiger partial charge in [0.1, 0.15) is 0 Å². The molecule has 144 valence electrons. The molecule has 0 saturated carbocycles. The second-order valence-electron chi connectivity index (χ2n) is 6.98. The lowest BCUT2D eigenvalue weighted by molar-refractivity contribution is -0.121. The zero-order chi connectivity index (χ0) is 19.1. The molecule has 0 radical (unpaired) electrons. The van der Waals surface area contributed by atoms with E-state index in [9.17, 15) is 4.79 Å². The molecule has 27 heavy (non-hydrogen) atoms. The van der Waals surface area contributed by atoms with Crippen molar-refractivity contribution < 1.29 is 9.53 Å². The Labute approximate surface area is 166 Å². The van der Waals surface area contributed by atoms with E-state index in [1.165, 1.54) is 11.1 Å². The third-order valence-electron chi connectivity index (χ3n) is 5.00. The Morgan fingerprint density at radius 1 is 1.15 bits per heavy atom. The van der Waals surface area contributed by atoms with Gasteiger partial charge < -0.3 is 10.1 Å². The van der Waals surface area contributed by atoms with Crippen LogP contribution in [0.15, 0.2) is 48.5 Å². The maximum atomic E-state index is 12.4. The lowest BCUT2D eigenvalue weighted by Gasteiger charge is -2.35. The highest BCUT2D eigenvalue weighted by atomic mass is 35.5. The number of rotatable bonds is 7. The highest BCUT2D eigenvalue weighted by Crippen LogP contribution is 2.27. The Morgan fingerprint density at radius 3 is 2.56 bits per heavy atom. The van der Waals surface area contributed by atoms with E-state index >= 15 is 0 Å². The number of aryl methyl sites for hydroxylation is 2. The van der Waals surface area contributed by atoms with Crippen LogP contribution in [0.3, 0.4) is 0 Å². The summed E-state index contributed by atoms with van der Waals surface area (Å²) in [4.78, 5) is 14.7. The van der Waals surface area contributed by atoms with Gasteiger partial charge >= 0.3 is 0 Å². The summed E-state index contributed by atoms with van der Waals surface area (Å²) in [7, 11) is 0. The third-order valence-corrected chi connectivity index (χ3v) is 5.35. The summed E-state index contributed by atoms with van der Waals surface area (Å²) in [6.45, 7) is 5.72. The van der Waals surface area contributed by atoms with E-state index in [2.05, 4.69) is 41.4 Å². The quantitative estimate of drug-likeness (QED) is 0.787. The van der Waals surface area contributed by atoms with Crippen molar-refractivity contribution >= 4 is 17.5 Å². The number of nitrogens with one attached hydrogen (secondary N) is 1. The van der Waals surface area contributed by atoms with E-state index in [-0.39, 0.29) is 11.9 Å². The number of ether oxygens (including phenoxy) is 1. The Hall–Kier alpha value is -1.88. The molecule has 0 spiro atoms. The SMILES string of the molecule is Cc1ccc(CCC(=O)NC[C@@H](c2ccccc2Cl)N2CCOCC2)cc1. The molecule has 3 rings (SSSR count). The summed E-state index contributed by atoms with van der Waals surface area (Å²) < 4.78 is 5.48. The first-order chi connectivity index (χ1) is 13.1. The Bertz CT molecular complexity index is 742. The molecule has 5 heteroatoms. The molecule has 0 unspecified atom stereocenters. The molecular weight excluding hydrogens is 360 g/mol. The van der Waals surface area contributed by atoms with Crippen LogP contribution in [0.5, 0.6) is 0 Å². The number of carbonyl (C=O) groups is 1. The van der Waals surface area contributed by atoms with Gasteiger partial charge in [0.25, 0.3) is 0 Å². The summed E-state index contributed by atoms with van der Waals surface area (Å²) in [5.74, 6) is 0.0703. The van der Waals surface area contributed by atoms with E-state index < -0.39 is 0 Å². The smallest absolute Gasteiger partial charge is 0.220 e. The fourth-order valence-corrected chi connectivity index (χ4v) is 3.64. The Morgan fingerprint density at radius 2 is 1.85 bits per heavy atom. The standard InChI is InChI=1S/C22H27ClN2O2/c1-17-6-8-18(9-7-17)10-11-22(26)24-16-21(25-12-14-27-15-13-25)19-4-2-3-5-20(19)23/h2-9,21H,10-16H2,1H3,(H,24,26)/t21-/m0/s1. The molecular formula is C22H27ClN2O2. The van der Waals surface area contributed by atoms with Crippen LogP contribution in [0.2, 0.25) is 5.02 Å². The lowest BCUT2D eigenvalue weighted by atomic mass is 10.0. The molecule has 2 aromatic rings. The minimum absolute atomic E-state index is 0.0610. The first kappa shape index (κ1) is 19.9. The molecule has 0 aliphatic carbocycles. The number of hydrogen-bond acceptors (Lipinski definition) is 3. The molecule has 1 atom stereocenters. The fraction of sp³-hybridized carbons (Fsp3) is 0.409. The molecule has 1 N–H and O–H groups in total. The van der Waals surface area contributed by atoms with Gasteiger partial charge in [-0.1, -0.05) is 59.6 Å². The van der Waals surface area contributed by atoms with Crippen molar-refractivity contribution in [2.75, 3.05) is 32.8 Å². The fourth-order valence-electron chi connectivity index (χ4n) is 3.38. The van der Waals surface area contributed by atoms with Gasteiger partial charge in [-0.2, -0.15) is 0 Å². The lowest BCUT2D eigenvalue weighted by Crippen LogP contribution is -2.44. The minimum atomic E-state index is 0.0610. The maximum Gasteiger partial charge on any atom is 0.220 e. The summed E-state index contributed by atoms with van der Waals surface area (Å²) in [5.41, 5.74) is 3.47. The molecule has 1 amide bonds.